The Morgan fingerprint density at radius 3 is 2.77 bits per heavy atom. The summed E-state index contributed by atoms with van der Waals surface area (Å²) in [5.74, 6) is -1.09. The maximum atomic E-state index is 12.3. The number of carboxylic acid groups (broad SMARTS) is 1. The summed E-state index contributed by atoms with van der Waals surface area (Å²) in [7, 11) is 0. The zero-order chi connectivity index (χ0) is 18.7. The molecule has 0 radical (unpaired) electrons. The first-order chi connectivity index (χ1) is 12.5. The van der Waals surface area contributed by atoms with E-state index in [9.17, 15) is 19.5 Å². The molecule has 0 spiro atoms. The van der Waals surface area contributed by atoms with Crippen molar-refractivity contribution in [3.63, 3.8) is 0 Å². The summed E-state index contributed by atoms with van der Waals surface area (Å²) in [5, 5.41) is 19.0. The number of unbranched alkanes of at least 4 members (excludes halogenated alkanes) is 1. The van der Waals surface area contributed by atoms with Gasteiger partial charge in [-0.05, 0) is 36.8 Å². The minimum absolute atomic E-state index is 0.0641. The zero-order valence-corrected chi connectivity index (χ0v) is 14.7. The molecule has 138 valence electrons. The summed E-state index contributed by atoms with van der Waals surface area (Å²) in [4.78, 5) is 34.6. The van der Waals surface area contributed by atoms with E-state index in [0.29, 0.717) is 25.7 Å². The number of fused-ring (bicyclic) bond motifs is 1. The highest BCUT2D eigenvalue weighted by atomic mass is 16.4. The van der Waals surface area contributed by atoms with E-state index < -0.39 is 12.1 Å². The average molecular weight is 356 g/mol. The zero-order valence-electron chi connectivity index (χ0n) is 14.7. The van der Waals surface area contributed by atoms with Crippen LogP contribution in [-0.4, -0.2) is 33.9 Å². The maximum absolute atomic E-state index is 12.3. The summed E-state index contributed by atoms with van der Waals surface area (Å²) in [5.41, 5.74) is 2.71. The van der Waals surface area contributed by atoms with Gasteiger partial charge in [0.1, 0.15) is 5.78 Å². The molecule has 0 heterocycles. The van der Waals surface area contributed by atoms with Crippen molar-refractivity contribution in [3.8, 4) is 0 Å². The first-order valence-electron chi connectivity index (χ1n) is 9.21. The molecule has 0 aromatic heterocycles. The fourth-order valence-electron chi connectivity index (χ4n) is 4.10. The van der Waals surface area contributed by atoms with Crippen LogP contribution in [0.5, 0.6) is 0 Å². The van der Waals surface area contributed by atoms with Gasteiger partial charge < -0.3 is 10.2 Å². The number of aryl methyl sites for hydroxylation is 1. The Labute approximate surface area is 152 Å². The van der Waals surface area contributed by atoms with Gasteiger partial charge in [-0.3, -0.25) is 14.4 Å². The number of aliphatic hydroxyl groups excluding tert-OH is 1. The Morgan fingerprint density at radius 1 is 1.19 bits per heavy atom. The second-order valence-corrected chi connectivity index (χ2v) is 7.20. The third-order valence-electron chi connectivity index (χ3n) is 5.43. The van der Waals surface area contributed by atoms with E-state index in [-0.39, 0.29) is 36.2 Å². The van der Waals surface area contributed by atoms with Gasteiger partial charge in [-0.15, -0.1) is 0 Å². The Bertz CT molecular complexity index is 749. The molecule has 5 nitrogen and oxygen atoms in total. The molecule has 2 aliphatic carbocycles. The second-order valence-electron chi connectivity index (χ2n) is 7.20. The van der Waals surface area contributed by atoms with Crippen LogP contribution < -0.4 is 0 Å². The lowest BCUT2D eigenvalue weighted by molar-refractivity contribution is -0.137. The molecule has 0 aliphatic heterocycles. The van der Waals surface area contributed by atoms with Gasteiger partial charge in [0.05, 0.1) is 6.10 Å². The van der Waals surface area contributed by atoms with E-state index in [0.717, 1.165) is 23.1 Å². The molecule has 1 aromatic carbocycles. The molecule has 1 saturated carbocycles. The number of hydrogen-bond donors (Lipinski definition) is 2. The van der Waals surface area contributed by atoms with Gasteiger partial charge in [-0.2, -0.15) is 0 Å². The molecule has 2 N–H and O–H groups in total. The van der Waals surface area contributed by atoms with Gasteiger partial charge in [0.25, 0.3) is 0 Å². The van der Waals surface area contributed by atoms with Crippen LogP contribution >= 0.6 is 0 Å². The highest BCUT2D eigenvalue weighted by Crippen LogP contribution is 2.41. The first kappa shape index (κ1) is 18.5. The molecular formula is C21H24O5. The highest BCUT2D eigenvalue weighted by Gasteiger charge is 2.42. The van der Waals surface area contributed by atoms with Crippen molar-refractivity contribution in [3.05, 3.63) is 47.0 Å². The lowest BCUT2D eigenvalue weighted by atomic mass is 9.84. The topological polar surface area (TPSA) is 91.7 Å². The van der Waals surface area contributed by atoms with Crippen LogP contribution in [0, 0.1) is 5.92 Å². The Balaban J connectivity index is 1.69. The third kappa shape index (κ3) is 3.93. The standard InChI is InChI=1S/C21H24O5/c22-17-10-8-13-11-14(7-9-15(13)17)21-16(18(23)12-19(21)24)5-3-1-2-4-6-20(25)26/h1,3,7,9,11,16,19,21,24H,2,4-6,8,10,12H2,(H,25,26)/b3-1-. The van der Waals surface area contributed by atoms with Gasteiger partial charge in [0.2, 0.25) is 0 Å². The van der Waals surface area contributed by atoms with Crippen molar-refractivity contribution in [2.45, 2.75) is 57.0 Å². The normalized spacial score (nSPS) is 25.2. The minimum atomic E-state index is -0.803. The molecule has 3 rings (SSSR count). The number of aliphatic hydroxyl groups is 1. The van der Waals surface area contributed by atoms with Gasteiger partial charge in [-0.25, -0.2) is 0 Å². The molecule has 1 fully saturated rings. The largest absolute Gasteiger partial charge is 0.481 e. The third-order valence-corrected chi connectivity index (χ3v) is 5.43. The predicted octanol–water partition coefficient (Wildman–Crippen LogP) is 3.05. The summed E-state index contributed by atoms with van der Waals surface area (Å²) in [6.07, 6.45) is 6.51. The van der Waals surface area contributed by atoms with E-state index in [1.54, 1.807) is 0 Å². The number of hydrogen-bond acceptors (Lipinski definition) is 4. The smallest absolute Gasteiger partial charge is 0.303 e. The molecule has 26 heavy (non-hydrogen) atoms. The van der Waals surface area contributed by atoms with Crippen molar-refractivity contribution in [1.82, 2.24) is 0 Å². The molecule has 0 saturated heterocycles. The van der Waals surface area contributed by atoms with Gasteiger partial charge in [0.15, 0.2) is 5.78 Å². The Kier molecular flexibility index (Phi) is 5.67. The van der Waals surface area contributed by atoms with Crippen LogP contribution in [-0.2, 0) is 16.0 Å². The second kappa shape index (κ2) is 7.96. The van der Waals surface area contributed by atoms with Crippen molar-refractivity contribution in [1.29, 1.82) is 0 Å². The van der Waals surface area contributed by atoms with Crippen LogP contribution in [0.3, 0.4) is 0 Å². The van der Waals surface area contributed by atoms with E-state index in [2.05, 4.69) is 0 Å². The van der Waals surface area contributed by atoms with E-state index >= 15 is 0 Å². The van der Waals surface area contributed by atoms with Crippen molar-refractivity contribution >= 4 is 17.5 Å². The van der Waals surface area contributed by atoms with E-state index in [1.807, 2.05) is 30.4 Å². The van der Waals surface area contributed by atoms with Crippen molar-refractivity contribution in [2.24, 2.45) is 5.92 Å². The molecule has 3 unspecified atom stereocenters. The van der Waals surface area contributed by atoms with Gasteiger partial charge in [0, 0.05) is 36.7 Å². The number of Topliss-reactive ketones (excluding diaryl/α,β-unsaturated/α-hetero) is 2. The SMILES string of the molecule is O=C(O)CCC/C=C\CC1C(=O)CC(O)C1c1ccc2c(c1)CCC2=O. The molecule has 3 atom stereocenters. The first-order valence-corrected chi connectivity index (χ1v) is 9.21. The molecule has 0 bridgehead atoms. The average Bonchev–Trinajstić information content (AvgIpc) is 3.10. The van der Waals surface area contributed by atoms with Crippen molar-refractivity contribution in [2.75, 3.05) is 0 Å². The predicted molar refractivity (Wildman–Crippen MR) is 96.2 cm³/mol. The number of aliphatic carboxylic acids is 1. The molecular weight excluding hydrogens is 332 g/mol. The quantitative estimate of drug-likeness (QED) is 0.579. The number of allylic oxidation sites excluding steroid dienone is 2. The number of ketones is 2. The lowest BCUT2D eigenvalue weighted by Crippen LogP contribution is -2.18. The van der Waals surface area contributed by atoms with Crippen LogP contribution in [0.25, 0.3) is 0 Å². The fourth-order valence-corrected chi connectivity index (χ4v) is 4.10. The Hall–Kier alpha value is -2.27. The number of benzene rings is 1. The molecule has 1 aromatic rings. The summed E-state index contributed by atoms with van der Waals surface area (Å²) in [6.45, 7) is 0. The van der Waals surface area contributed by atoms with Crippen LogP contribution in [0.4, 0.5) is 0 Å². The molecule has 2 aliphatic rings. The fraction of sp³-hybridized carbons (Fsp3) is 0.476. The summed E-state index contributed by atoms with van der Waals surface area (Å²) >= 11 is 0. The summed E-state index contributed by atoms with van der Waals surface area (Å²) < 4.78 is 0. The Morgan fingerprint density at radius 2 is 2.00 bits per heavy atom. The lowest BCUT2D eigenvalue weighted by Gasteiger charge is -2.21. The number of rotatable bonds is 7. The molecule has 5 heteroatoms. The molecule has 0 amide bonds. The monoisotopic (exact) mass is 356 g/mol. The maximum Gasteiger partial charge on any atom is 0.303 e. The van der Waals surface area contributed by atoms with Crippen LogP contribution in [0.1, 0.15) is 65.9 Å². The van der Waals surface area contributed by atoms with Gasteiger partial charge >= 0.3 is 5.97 Å². The minimum Gasteiger partial charge on any atom is -0.481 e. The number of carboxylic acids is 1. The number of carbonyl (C=O) groups excluding carboxylic acids is 2. The number of carbonyl (C=O) groups is 3. The van der Waals surface area contributed by atoms with Gasteiger partial charge in [-0.1, -0.05) is 30.4 Å². The van der Waals surface area contributed by atoms with Crippen LogP contribution in [0.2, 0.25) is 0 Å². The highest BCUT2D eigenvalue weighted by molar-refractivity contribution is 6.00. The summed E-state index contributed by atoms with van der Waals surface area (Å²) in [6, 6.07) is 5.68. The van der Waals surface area contributed by atoms with E-state index in [4.69, 9.17) is 5.11 Å². The van der Waals surface area contributed by atoms with Crippen LogP contribution in [0.15, 0.2) is 30.4 Å². The van der Waals surface area contributed by atoms with Crippen molar-refractivity contribution < 1.29 is 24.6 Å². The van der Waals surface area contributed by atoms with E-state index in [1.165, 1.54) is 0 Å².